The van der Waals surface area contributed by atoms with Gasteiger partial charge < -0.3 is 14.4 Å². The Labute approximate surface area is 159 Å². The van der Waals surface area contributed by atoms with E-state index in [4.69, 9.17) is 9.47 Å². The first kappa shape index (κ1) is 16.9. The van der Waals surface area contributed by atoms with Crippen LogP contribution < -0.4 is 9.64 Å². The largest absolute Gasteiger partial charge is 0.473 e. The number of carbonyl (C=O) groups excluding carboxylic acids is 1. The minimum atomic E-state index is -0.576. The highest BCUT2D eigenvalue weighted by Crippen LogP contribution is 2.39. The zero-order chi connectivity index (χ0) is 19.3. The third-order valence-corrected chi connectivity index (χ3v) is 5.09. The number of anilines is 1. The summed E-state index contributed by atoms with van der Waals surface area (Å²) in [5, 5.41) is 0. The fraction of sp³-hybridized carbons (Fsp3) is 0.368. The monoisotopic (exact) mass is 383 g/mol. The lowest BCUT2D eigenvalue weighted by Gasteiger charge is -2.27. The average Bonchev–Trinajstić information content (AvgIpc) is 3.32. The van der Waals surface area contributed by atoms with Gasteiger partial charge in [0.25, 0.3) is 0 Å². The Balaban J connectivity index is 1.69. The van der Waals surface area contributed by atoms with E-state index in [0.29, 0.717) is 28.4 Å². The Morgan fingerprint density at radius 1 is 1.29 bits per heavy atom. The van der Waals surface area contributed by atoms with E-state index in [-0.39, 0.29) is 12.6 Å². The molecule has 3 aromatic heterocycles. The van der Waals surface area contributed by atoms with Crippen LogP contribution >= 0.6 is 0 Å². The molecule has 2 aliphatic rings. The van der Waals surface area contributed by atoms with Crippen molar-refractivity contribution in [2.24, 2.45) is 0 Å². The van der Waals surface area contributed by atoms with Crippen LogP contribution in [-0.4, -0.2) is 44.9 Å². The Kier molecular flexibility index (Phi) is 3.88. The van der Waals surface area contributed by atoms with Crippen molar-refractivity contribution in [3.05, 3.63) is 42.1 Å². The van der Waals surface area contributed by atoms with Crippen molar-refractivity contribution < 1.29 is 18.7 Å². The van der Waals surface area contributed by atoms with Gasteiger partial charge in [0.05, 0.1) is 12.2 Å². The SMILES string of the molecule is C[C@@H]1COc2ncc(F)cc2[C@H]2CCCN2c2ccc3ncn(c3n2)C(=O)O1. The van der Waals surface area contributed by atoms with Gasteiger partial charge in [0.1, 0.15) is 36.2 Å². The van der Waals surface area contributed by atoms with Crippen molar-refractivity contribution in [1.29, 1.82) is 0 Å². The number of aromatic nitrogens is 4. The van der Waals surface area contributed by atoms with Gasteiger partial charge in [-0.1, -0.05) is 0 Å². The first-order chi connectivity index (χ1) is 13.6. The molecule has 144 valence electrons. The number of cyclic esters (lactones) is 1. The third kappa shape index (κ3) is 2.74. The highest BCUT2D eigenvalue weighted by molar-refractivity contribution is 5.85. The van der Waals surface area contributed by atoms with E-state index in [9.17, 15) is 9.18 Å². The van der Waals surface area contributed by atoms with Crippen molar-refractivity contribution in [3.63, 3.8) is 0 Å². The van der Waals surface area contributed by atoms with Crippen LogP contribution in [0.2, 0.25) is 0 Å². The first-order valence-electron chi connectivity index (χ1n) is 9.20. The second-order valence-electron chi connectivity index (χ2n) is 7.03. The zero-order valence-electron chi connectivity index (χ0n) is 15.2. The lowest BCUT2D eigenvalue weighted by atomic mass is 10.1. The third-order valence-electron chi connectivity index (χ3n) is 5.09. The maximum Gasteiger partial charge on any atom is 0.421 e. The van der Waals surface area contributed by atoms with Gasteiger partial charge in [-0.3, -0.25) is 0 Å². The normalized spacial score (nSPS) is 21.9. The molecule has 8 nitrogen and oxygen atoms in total. The first-order valence-corrected chi connectivity index (χ1v) is 9.20. The summed E-state index contributed by atoms with van der Waals surface area (Å²) in [7, 11) is 0. The van der Waals surface area contributed by atoms with Crippen molar-refractivity contribution in [1.82, 2.24) is 19.5 Å². The summed E-state index contributed by atoms with van der Waals surface area (Å²) in [4.78, 5) is 27.7. The molecule has 1 saturated heterocycles. The van der Waals surface area contributed by atoms with Crippen LogP contribution in [0.3, 0.4) is 0 Å². The molecular formula is C19H18FN5O3. The van der Waals surface area contributed by atoms with Gasteiger partial charge in [-0.15, -0.1) is 0 Å². The Hall–Kier alpha value is -3.23. The number of halogens is 1. The van der Waals surface area contributed by atoms with Crippen LogP contribution in [-0.2, 0) is 4.74 Å². The van der Waals surface area contributed by atoms with E-state index in [2.05, 4.69) is 19.9 Å². The Morgan fingerprint density at radius 2 is 2.18 bits per heavy atom. The summed E-state index contributed by atoms with van der Waals surface area (Å²) in [6.45, 7) is 2.58. The molecular weight excluding hydrogens is 365 g/mol. The van der Waals surface area contributed by atoms with Crippen LogP contribution in [0.4, 0.5) is 15.0 Å². The fourth-order valence-electron chi connectivity index (χ4n) is 3.80. The molecule has 28 heavy (non-hydrogen) atoms. The maximum atomic E-state index is 14.0. The minimum absolute atomic E-state index is 0.104. The van der Waals surface area contributed by atoms with Crippen molar-refractivity contribution >= 4 is 23.1 Å². The molecule has 2 atom stereocenters. The summed E-state index contributed by atoms with van der Waals surface area (Å²) in [6, 6.07) is 5.02. The zero-order valence-corrected chi connectivity index (χ0v) is 15.2. The molecule has 0 amide bonds. The molecule has 0 N–H and O–H groups in total. The number of hydrogen-bond donors (Lipinski definition) is 0. The molecule has 0 radical (unpaired) electrons. The quantitative estimate of drug-likeness (QED) is 0.590. The van der Waals surface area contributed by atoms with Gasteiger partial charge in [0, 0.05) is 12.1 Å². The molecule has 0 aromatic carbocycles. The molecule has 0 spiro atoms. The number of rotatable bonds is 0. The van der Waals surface area contributed by atoms with Crippen molar-refractivity contribution in [3.8, 4) is 5.88 Å². The van der Waals surface area contributed by atoms with Gasteiger partial charge in [-0.2, -0.15) is 0 Å². The Morgan fingerprint density at radius 3 is 3.07 bits per heavy atom. The topological polar surface area (TPSA) is 82.4 Å². The van der Waals surface area contributed by atoms with Crippen molar-refractivity contribution in [2.45, 2.75) is 31.9 Å². The summed E-state index contributed by atoms with van der Waals surface area (Å²) in [5.74, 6) is 0.620. The van der Waals surface area contributed by atoms with Crippen LogP contribution in [0, 0.1) is 5.82 Å². The molecule has 9 heteroatoms. The number of carbonyl (C=O) groups is 1. The number of imidazole rings is 1. The van der Waals surface area contributed by atoms with E-state index in [0.717, 1.165) is 25.6 Å². The van der Waals surface area contributed by atoms with Crippen LogP contribution in [0.1, 0.15) is 31.4 Å². The highest BCUT2D eigenvalue weighted by atomic mass is 19.1. The second kappa shape index (κ2) is 6.43. The summed E-state index contributed by atoms with van der Waals surface area (Å²) >= 11 is 0. The molecule has 0 unspecified atom stereocenters. The summed E-state index contributed by atoms with van der Waals surface area (Å²) in [6.07, 6.45) is 3.18. The van der Waals surface area contributed by atoms with Gasteiger partial charge >= 0.3 is 6.09 Å². The molecule has 2 bridgehead atoms. The maximum absolute atomic E-state index is 14.0. The molecule has 3 aromatic rings. The predicted molar refractivity (Wildman–Crippen MR) is 97.9 cm³/mol. The molecule has 0 aliphatic carbocycles. The highest BCUT2D eigenvalue weighted by Gasteiger charge is 2.31. The molecule has 5 rings (SSSR count). The Bertz CT molecular complexity index is 1070. The lowest BCUT2D eigenvalue weighted by Crippen LogP contribution is -2.25. The number of ether oxygens (including phenoxy) is 2. The van der Waals surface area contributed by atoms with E-state index < -0.39 is 18.0 Å². The lowest BCUT2D eigenvalue weighted by molar-refractivity contribution is 0.0751. The molecule has 0 saturated carbocycles. The van der Waals surface area contributed by atoms with Gasteiger partial charge in [-0.25, -0.2) is 28.7 Å². The molecule has 2 aliphatic heterocycles. The van der Waals surface area contributed by atoms with E-state index >= 15 is 0 Å². The second-order valence-corrected chi connectivity index (χ2v) is 7.03. The van der Waals surface area contributed by atoms with Crippen LogP contribution in [0.15, 0.2) is 30.7 Å². The van der Waals surface area contributed by atoms with Gasteiger partial charge in [0.2, 0.25) is 5.88 Å². The minimum Gasteiger partial charge on any atom is -0.473 e. The summed E-state index contributed by atoms with van der Waals surface area (Å²) in [5.41, 5.74) is 1.70. The van der Waals surface area contributed by atoms with Crippen LogP contribution in [0.5, 0.6) is 5.88 Å². The van der Waals surface area contributed by atoms with Gasteiger partial charge in [0.15, 0.2) is 5.65 Å². The number of hydrogen-bond acceptors (Lipinski definition) is 7. The fourth-order valence-corrected chi connectivity index (χ4v) is 3.80. The smallest absolute Gasteiger partial charge is 0.421 e. The predicted octanol–water partition coefficient (Wildman–Crippen LogP) is 3.07. The van der Waals surface area contributed by atoms with E-state index in [1.165, 1.54) is 17.0 Å². The van der Waals surface area contributed by atoms with E-state index in [1.807, 2.05) is 12.1 Å². The van der Waals surface area contributed by atoms with E-state index in [1.54, 1.807) is 6.92 Å². The van der Waals surface area contributed by atoms with Gasteiger partial charge in [-0.05, 0) is 38.0 Å². The number of pyridine rings is 2. The van der Waals surface area contributed by atoms with Crippen LogP contribution in [0.25, 0.3) is 11.2 Å². The average molecular weight is 383 g/mol. The summed E-state index contributed by atoms with van der Waals surface area (Å²) < 4.78 is 26.5. The molecule has 1 fully saturated rings. The number of fused-ring (bicyclic) bond motifs is 5. The molecule has 5 heterocycles. The van der Waals surface area contributed by atoms with Crippen molar-refractivity contribution in [2.75, 3.05) is 18.1 Å². The standard InChI is InChI=1S/C19H18FN5O3/c1-11-9-27-18-13(7-12(20)8-21-18)15-3-2-6-24(15)16-5-4-14-17(23-16)25(10-22-14)19(26)28-11/h4-5,7-8,10-11,15H,2-3,6,9H2,1H3/t11-,15-/m1/s1. The number of nitrogens with zero attached hydrogens (tertiary/aromatic N) is 5.